The average molecular weight is 244 g/mol. The molecule has 0 aromatic heterocycles. The Morgan fingerprint density at radius 3 is 2.35 bits per heavy atom. The molecule has 1 N–H and O–H groups in total. The fraction of sp³-hybridized carbons (Fsp3) is 0.364. The number of carbonyl (C=O) groups is 1. The number of halogens is 2. The van der Waals surface area contributed by atoms with Crippen LogP contribution in [0.2, 0.25) is 0 Å². The third kappa shape index (κ3) is 1.90. The number of benzene rings is 1. The summed E-state index contributed by atoms with van der Waals surface area (Å²) in [6.07, 6.45) is 0. The second kappa shape index (κ2) is 3.87. The standard InChI is InChI=1S/C11H10F2O4/c1-6-4-8-9(17-3-2-16-8)5-7(6)11(12,13)10(14)15/h4-5H,2-3H2,1H3,(H,14,15). The van der Waals surface area contributed by atoms with Gasteiger partial charge >= 0.3 is 11.9 Å². The van der Waals surface area contributed by atoms with Gasteiger partial charge in [0.05, 0.1) is 0 Å². The highest BCUT2D eigenvalue weighted by Gasteiger charge is 2.43. The van der Waals surface area contributed by atoms with E-state index in [0.29, 0.717) is 12.4 Å². The van der Waals surface area contributed by atoms with Crippen LogP contribution in [0, 0.1) is 6.92 Å². The largest absolute Gasteiger partial charge is 0.486 e. The maximum Gasteiger partial charge on any atom is 0.379 e. The summed E-state index contributed by atoms with van der Waals surface area (Å²) in [5.41, 5.74) is -0.420. The molecule has 0 amide bonds. The van der Waals surface area contributed by atoms with E-state index in [0.717, 1.165) is 6.07 Å². The second-order valence-corrected chi connectivity index (χ2v) is 3.69. The molecule has 1 aromatic carbocycles. The smallest absolute Gasteiger partial charge is 0.379 e. The topological polar surface area (TPSA) is 55.8 Å². The van der Waals surface area contributed by atoms with Gasteiger partial charge in [-0.05, 0) is 24.6 Å². The first-order valence-corrected chi connectivity index (χ1v) is 4.95. The van der Waals surface area contributed by atoms with Crippen molar-refractivity contribution in [2.75, 3.05) is 13.2 Å². The van der Waals surface area contributed by atoms with E-state index >= 15 is 0 Å². The fourth-order valence-corrected chi connectivity index (χ4v) is 1.64. The van der Waals surface area contributed by atoms with Crippen molar-refractivity contribution in [1.82, 2.24) is 0 Å². The Labute approximate surface area is 95.8 Å². The minimum absolute atomic E-state index is 0.151. The lowest BCUT2D eigenvalue weighted by atomic mass is 10.0. The molecule has 92 valence electrons. The lowest BCUT2D eigenvalue weighted by molar-refractivity contribution is -0.166. The van der Waals surface area contributed by atoms with Gasteiger partial charge in [0.25, 0.3) is 0 Å². The van der Waals surface area contributed by atoms with Crippen molar-refractivity contribution in [3.8, 4) is 11.5 Å². The van der Waals surface area contributed by atoms with Crippen LogP contribution in [0.3, 0.4) is 0 Å². The van der Waals surface area contributed by atoms with Crippen molar-refractivity contribution in [3.63, 3.8) is 0 Å². The quantitative estimate of drug-likeness (QED) is 0.863. The maximum atomic E-state index is 13.4. The first-order valence-electron chi connectivity index (χ1n) is 4.95. The van der Waals surface area contributed by atoms with Crippen molar-refractivity contribution < 1.29 is 28.2 Å². The van der Waals surface area contributed by atoms with Gasteiger partial charge in [-0.1, -0.05) is 0 Å². The summed E-state index contributed by atoms with van der Waals surface area (Å²) < 4.78 is 37.2. The van der Waals surface area contributed by atoms with Gasteiger partial charge < -0.3 is 14.6 Å². The average Bonchev–Trinajstić information content (AvgIpc) is 2.27. The Kier molecular flexibility index (Phi) is 2.65. The molecule has 6 heteroatoms. The van der Waals surface area contributed by atoms with Crippen molar-refractivity contribution >= 4 is 5.97 Å². The number of rotatable bonds is 2. The lowest BCUT2D eigenvalue weighted by Gasteiger charge is -2.22. The van der Waals surface area contributed by atoms with Crippen molar-refractivity contribution in [1.29, 1.82) is 0 Å². The molecule has 4 nitrogen and oxygen atoms in total. The van der Waals surface area contributed by atoms with Gasteiger partial charge in [0.15, 0.2) is 11.5 Å². The molecular weight excluding hydrogens is 234 g/mol. The van der Waals surface area contributed by atoms with Crippen LogP contribution in [0.5, 0.6) is 11.5 Å². The lowest BCUT2D eigenvalue weighted by Crippen LogP contribution is -2.27. The highest BCUT2D eigenvalue weighted by atomic mass is 19.3. The highest BCUT2D eigenvalue weighted by Crippen LogP contribution is 2.39. The van der Waals surface area contributed by atoms with Crippen LogP contribution in [-0.4, -0.2) is 24.3 Å². The fourth-order valence-electron chi connectivity index (χ4n) is 1.64. The number of fused-ring (bicyclic) bond motifs is 1. The number of alkyl halides is 2. The minimum atomic E-state index is -3.93. The summed E-state index contributed by atoms with van der Waals surface area (Å²) >= 11 is 0. The van der Waals surface area contributed by atoms with Crippen LogP contribution in [0.15, 0.2) is 12.1 Å². The van der Waals surface area contributed by atoms with E-state index in [9.17, 15) is 13.6 Å². The van der Waals surface area contributed by atoms with Crippen molar-refractivity contribution in [3.05, 3.63) is 23.3 Å². The molecule has 1 aliphatic heterocycles. The zero-order valence-electron chi connectivity index (χ0n) is 9.00. The number of carboxylic acid groups (broad SMARTS) is 1. The van der Waals surface area contributed by atoms with Gasteiger partial charge in [0, 0.05) is 5.56 Å². The van der Waals surface area contributed by atoms with E-state index < -0.39 is 17.5 Å². The third-order valence-corrected chi connectivity index (χ3v) is 2.50. The molecule has 1 aromatic rings. The molecule has 2 rings (SSSR count). The first kappa shape index (κ1) is 11.6. The zero-order chi connectivity index (χ0) is 12.6. The molecule has 0 saturated heterocycles. The number of aliphatic carboxylic acids is 1. The van der Waals surface area contributed by atoms with Gasteiger partial charge in [-0.3, -0.25) is 0 Å². The molecule has 0 bridgehead atoms. The van der Waals surface area contributed by atoms with E-state index in [1.165, 1.54) is 13.0 Å². The third-order valence-electron chi connectivity index (χ3n) is 2.50. The summed E-state index contributed by atoms with van der Waals surface area (Å²) in [6, 6.07) is 2.39. The summed E-state index contributed by atoms with van der Waals surface area (Å²) in [7, 11) is 0. The predicted molar refractivity (Wildman–Crippen MR) is 53.7 cm³/mol. The number of hydrogen-bond acceptors (Lipinski definition) is 3. The van der Waals surface area contributed by atoms with E-state index in [1.807, 2.05) is 0 Å². The van der Waals surface area contributed by atoms with Crippen LogP contribution < -0.4 is 9.47 Å². The molecule has 0 aliphatic carbocycles. The van der Waals surface area contributed by atoms with Crippen molar-refractivity contribution in [2.45, 2.75) is 12.8 Å². The second-order valence-electron chi connectivity index (χ2n) is 3.69. The minimum Gasteiger partial charge on any atom is -0.486 e. The van der Waals surface area contributed by atoms with E-state index in [4.69, 9.17) is 14.6 Å². The van der Waals surface area contributed by atoms with E-state index in [1.54, 1.807) is 0 Å². The molecule has 0 unspecified atom stereocenters. The van der Waals surface area contributed by atoms with Crippen LogP contribution >= 0.6 is 0 Å². The summed E-state index contributed by atoms with van der Waals surface area (Å²) in [4.78, 5) is 10.5. The molecule has 0 saturated carbocycles. The van der Waals surface area contributed by atoms with E-state index in [2.05, 4.69) is 0 Å². The molecule has 17 heavy (non-hydrogen) atoms. The molecule has 0 radical (unpaired) electrons. The summed E-state index contributed by atoms with van der Waals surface area (Å²) in [6.45, 7) is 2.01. The molecule has 0 atom stereocenters. The molecular formula is C11H10F2O4. The van der Waals surface area contributed by atoms with Gasteiger partial charge in [0.2, 0.25) is 0 Å². The molecule has 0 spiro atoms. The Hall–Kier alpha value is -1.85. The number of hydrogen-bond donors (Lipinski definition) is 1. The van der Waals surface area contributed by atoms with Crippen LogP contribution in [0.4, 0.5) is 8.78 Å². The van der Waals surface area contributed by atoms with Gasteiger partial charge in [0.1, 0.15) is 13.2 Å². The zero-order valence-corrected chi connectivity index (χ0v) is 9.00. The maximum absolute atomic E-state index is 13.4. The Balaban J connectivity index is 2.52. The Morgan fingerprint density at radius 2 is 1.82 bits per heavy atom. The highest BCUT2D eigenvalue weighted by molar-refractivity contribution is 5.78. The van der Waals surface area contributed by atoms with Gasteiger partial charge in [-0.15, -0.1) is 0 Å². The van der Waals surface area contributed by atoms with Crippen LogP contribution in [-0.2, 0) is 10.7 Å². The van der Waals surface area contributed by atoms with Gasteiger partial charge in [-0.25, -0.2) is 4.79 Å². The van der Waals surface area contributed by atoms with Gasteiger partial charge in [-0.2, -0.15) is 8.78 Å². The molecule has 1 heterocycles. The molecule has 0 fully saturated rings. The van der Waals surface area contributed by atoms with Crippen LogP contribution in [0.25, 0.3) is 0 Å². The number of aryl methyl sites for hydroxylation is 1. The first-order chi connectivity index (χ1) is 7.93. The number of ether oxygens (including phenoxy) is 2. The summed E-state index contributed by atoms with van der Waals surface area (Å²) in [5, 5.41) is 8.50. The summed E-state index contributed by atoms with van der Waals surface area (Å²) in [5.74, 6) is -5.60. The van der Waals surface area contributed by atoms with Crippen LogP contribution in [0.1, 0.15) is 11.1 Å². The number of carboxylic acids is 1. The monoisotopic (exact) mass is 244 g/mol. The Bertz CT molecular complexity index is 471. The Morgan fingerprint density at radius 1 is 1.29 bits per heavy atom. The SMILES string of the molecule is Cc1cc2c(cc1C(F)(F)C(=O)O)OCCO2. The predicted octanol–water partition coefficient (Wildman–Crippen LogP) is 1.94. The molecule has 1 aliphatic rings. The van der Waals surface area contributed by atoms with E-state index in [-0.39, 0.29) is 17.9 Å². The van der Waals surface area contributed by atoms with Crippen molar-refractivity contribution in [2.24, 2.45) is 0 Å². The normalized spacial score (nSPS) is 14.5.